The van der Waals surface area contributed by atoms with Gasteiger partial charge in [0.1, 0.15) is 5.78 Å². The Morgan fingerprint density at radius 3 is 2.48 bits per heavy atom. The quantitative estimate of drug-likeness (QED) is 0.860. The maximum atomic E-state index is 12.7. The molecule has 4 nitrogen and oxygen atoms in total. The third-order valence-corrected chi connectivity index (χ3v) is 6.13. The van der Waals surface area contributed by atoms with Crippen molar-refractivity contribution in [2.24, 2.45) is 11.3 Å². The molecular weight excluding hydrogens is 292 g/mol. The van der Waals surface area contributed by atoms with Crippen molar-refractivity contribution in [2.45, 2.75) is 52.4 Å². The standard InChI is InChI=1S/C19H22O4/c1-10-7-12-13(8-11(10)17(22)23)19(4)6-5-16(21)18(2,3)15(19)9-14(12)20/h7-8,15H,5-6,9H2,1-4H3,(H,22,23). The molecule has 0 saturated heterocycles. The van der Waals surface area contributed by atoms with E-state index in [2.05, 4.69) is 6.92 Å². The van der Waals surface area contributed by atoms with Crippen LogP contribution in [0.25, 0.3) is 0 Å². The highest BCUT2D eigenvalue weighted by Crippen LogP contribution is 2.55. The van der Waals surface area contributed by atoms with Crippen LogP contribution in [0.5, 0.6) is 0 Å². The molecule has 23 heavy (non-hydrogen) atoms. The number of benzene rings is 1. The minimum absolute atomic E-state index is 0.0188. The van der Waals surface area contributed by atoms with Gasteiger partial charge in [-0.2, -0.15) is 0 Å². The minimum Gasteiger partial charge on any atom is -0.478 e. The number of hydrogen-bond acceptors (Lipinski definition) is 3. The van der Waals surface area contributed by atoms with Crippen LogP contribution in [0.4, 0.5) is 0 Å². The van der Waals surface area contributed by atoms with Crippen LogP contribution in [-0.2, 0) is 10.2 Å². The first-order chi connectivity index (χ1) is 10.6. The van der Waals surface area contributed by atoms with Gasteiger partial charge in [-0.05, 0) is 47.9 Å². The Morgan fingerprint density at radius 2 is 1.87 bits per heavy atom. The van der Waals surface area contributed by atoms with Gasteiger partial charge < -0.3 is 5.11 Å². The summed E-state index contributed by atoms with van der Waals surface area (Å²) < 4.78 is 0. The minimum atomic E-state index is -0.977. The van der Waals surface area contributed by atoms with Crippen LogP contribution in [0.3, 0.4) is 0 Å². The SMILES string of the molecule is Cc1cc2c(cc1C(=O)O)C1(C)CCC(=O)C(C)(C)C1CC2=O. The summed E-state index contributed by atoms with van der Waals surface area (Å²) in [5, 5.41) is 9.42. The topological polar surface area (TPSA) is 71.4 Å². The number of hydrogen-bond donors (Lipinski definition) is 1. The Kier molecular flexibility index (Phi) is 3.29. The number of carboxylic acids is 1. The average Bonchev–Trinajstić information content (AvgIpc) is 2.46. The van der Waals surface area contributed by atoms with E-state index in [1.165, 1.54) is 0 Å². The van der Waals surface area contributed by atoms with Crippen LogP contribution in [0.2, 0.25) is 0 Å². The van der Waals surface area contributed by atoms with Crippen LogP contribution in [0, 0.1) is 18.3 Å². The summed E-state index contributed by atoms with van der Waals surface area (Å²) in [6.07, 6.45) is 1.50. The van der Waals surface area contributed by atoms with Crippen molar-refractivity contribution in [3.05, 3.63) is 34.4 Å². The van der Waals surface area contributed by atoms with Gasteiger partial charge in [-0.15, -0.1) is 0 Å². The molecule has 2 atom stereocenters. The Balaban J connectivity index is 2.26. The molecule has 0 spiro atoms. The first-order valence-corrected chi connectivity index (χ1v) is 8.04. The number of carboxylic acid groups (broad SMARTS) is 1. The second kappa shape index (κ2) is 4.76. The number of aryl methyl sites for hydroxylation is 1. The van der Waals surface area contributed by atoms with Crippen LogP contribution in [-0.4, -0.2) is 22.6 Å². The van der Waals surface area contributed by atoms with Crippen LogP contribution in [0.1, 0.15) is 71.9 Å². The molecule has 1 fully saturated rings. The molecule has 2 aliphatic carbocycles. The summed E-state index contributed by atoms with van der Waals surface area (Å²) in [5.74, 6) is -0.845. The Morgan fingerprint density at radius 1 is 1.22 bits per heavy atom. The first-order valence-electron chi connectivity index (χ1n) is 8.04. The van der Waals surface area contributed by atoms with Gasteiger partial charge in [0.2, 0.25) is 0 Å². The van der Waals surface area contributed by atoms with Gasteiger partial charge in [-0.25, -0.2) is 4.79 Å². The lowest BCUT2D eigenvalue weighted by molar-refractivity contribution is -0.136. The predicted octanol–water partition coefficient (Wildman–Crippen LogP) is 3.54. The largest absolute Gasteiger partial charge is 0.478 e. The highest BCUT2D eigenvalue weighted by molar-refractivity contribution is 6.02. The first kappa shape index (κ1) is 15.9. The molecule has 1 aromatic rings. The Labute approximate surface area is 135 Å². The summed E-state index contributed by atoms with van der Waals surface area (Å²) in [6.45, 7) is 7.64. The monoisotopic (exact) mass is 314 g/mol. The number of ketones is 2. The normalized spacial score (nSPS) is 29.0. The lowest BCUT2D eigenvalue weighted by atomic mass is 9.49. The number of rotatable bonds is 1. The summed E-state index contributed by atoms with van der Waals surface area (Å²) in [7, 11) is 0. The number of aromatic carboxylic acids is 1. The summed E-state index contributed by atoms with van der Waals surface area (Å²) in [6, 6.07) is 3.38. The Bertz CT molecular complexity index is 744. The fourth-order valence-electron chi connectivity index (χ4n) is 4.60. The lowest BCUT2D eigenvalue weighted by Gasteiger charge is -2.52. The van der Waals surface area contributed by atoms with Gasteiger partial charge in [0.15, 0.2) is 5.78 Å². The van der Waals surface area contributed by atoms with E-state index >= 15 is 0 Å². The molecule has 2 unspecified atom stereocenters. The maximum absolute atomic E-state index is 12.7. The molecule has 0 bridgehead atoms. The molecule has 2 aliphatic rings. The van der Waals surface area contributed by atoms with Crippen molar-refractivity contribution >= 4 is 17.5 Å². The van der Waals surface area contributed by atoms with E-state index in [9.17, 15) is 19.5 Å². The molecule has 0 heterocycles. The van der Waals surface area contributed by atoms with Gasteiger partial charge in [0, 0.05) is 23.8 Å². The second-order valence-electron chi connectivity index (χ2n) is 7.76. The second-order valence-corrected chi connectivity index (χ2v) is 7.76. The van der Waals surface area contributed by atoms with Crippen molar-refractivity contribution in [2.75, 3.05) is 0 Å². The van der Waals surface area contributed by atoms with Crippen LogP contribution >= 0.6 is 0 Å². The highest BCUT2D eigenvalue weighted by atomic mass is 16.4. The molecular formula is C19H22O4. The van der Waals surface area contributed by atoms with Gasteiger partial charge in [0.05, 0.1) is 5.56 Å². The zero-order chi connectivity index (χ0) is 17.2. The molecule has 1 N–H and O–H groups in total. The van der Waals surface area contributed by atoms with Gasteiger partial charge in [0.25, 0.3) is 0 Å². The van der Waals surface area contributed by atoms with E-state index < -0.39 is 11.4 Å². The number of carbonyl (C=O) groups is 3. The summed E-state index contributed by atoms with van der Waals surface area (Å²) in [4.78, 5) is 36.5. The van der Waals surface area contributed by atoms with E-state index in [1.54, 1.807) is 19.1 Å². The van der Waals surface area contributed by atoms with Crippen molar-refractivity contribution in [3.63, 3.8) is 0 Å². The van der Waals surface area contributed by atoms with Gasteiger partial charge in [-0.1, -0.05) is 20.8 Å². The molecule has 0 aliphatic heterocycles. The molecule has 1 saturated carbocycles. The van der Waals surface area contributed by atoms with E-state index in [-0.39, 0.29) is 28.5 Å². The van der Waals surface area contributed by atoms with Crippen molar-refractivity contribution in [1.29, 1.82) is 0 Å². The molecule has 0 amide bonds. The summed E-state index contributed by atoms with van der Waals surface area (Å²) in [5.41, 5.74) is 1.40. The molecule has 122 valence electrons. The van der Waals surface area contributed by atoms with E-state index in [4.69, 9.17) is 0 Å². The zero-order valence-electron chi connectivity index (χ0n) is 14.0. The fourth-order valence-corrected chi connectivity index (χ4v) is 4.60. The smallest absolute Gasteiger partial charge is 0.335 e. The van der Waals surface area contributed by atoms with Crippen molar-refractivity contribution in [1.82, 2.24) is 0 Å². The van der Waals surface area contributed by atoms with Crippen LogP contribution in [0.15, 0.2) is 12.1 Å². The fraction of sp³-hybridized carbons (Fsp3) is 0.526. The van der Waals surface area contributed by atoms with Crippen LogP contribution < -0.4 is 0 Å². The molecule has 0 aromatic heterocycles. The maximum Gasteiger partial charge on any atom is 0.335 e. The van der Waals surface area contributed by atoms with E-state index in [1.807, 2.05) is 13.8 Å². The lowest BCUT2D eigenvalue weighted by Crippen LogP contribution is -2.53. The number of fused-ring (bicyclic) bond motifs is 3. The third kappa shape index (κ3) is 2.07. The number of Topliss-reactive ketones (excluding diaryl/α,β-unsaturated/α-hetero) is 2. The Hall–Kier alpha value is -1.97. The van der Waals surface area contributed by atoms with Crippen molar-refractivity contribution < 1.29 is 19.5 Å². The molecule has 0 radical (unpaired) electrons. The predicted molar refractivity (Wildman–Crippen MR) is 85.9 cm³/mol. The van der Waals surface area contributed by atoms with Gasteiger partial charge in [-0.3, -0.25) is 9.59 Å². The highest BCUT2D eigenvalue weighted by Gasteiger charge is 2.55. The molecule has 1 aromatic carbocycles. The molecule has 4 heteroatoms. The molecule has 3 rings (SSSR count). The van der Waals surface area contributed by atoms with Crippen molar-refractivity contribution in [3.8, 4) is 0 Å². The number of carbonyl (C=O) groups excluding carboxylic acids is 2. The van der Waals surface area contributed by atoms with E-state index in [0.717, 1.165) is 5.56 Å². The van der Waals surface area contributed by atoms with Gasteiger partial charge >= 0.3 is 5.97 Å². The third-order valence-electron chi connectivity index (χ3n) is 6.13. The zero-order valence-corrected chi connectivity index (χ0v) is 14.0. The average molecular weight is 314 g/mol. The summed E-state index contributed by atoms with van der Waals surface area (Å²) >= 11 is 0. The van der Waals surface area contributed by atoms with E-state index in [0.29, 0.717) is 30.4 Å².